The number of ether oxygens (including phenoxy) is 3. The van der Waals surface area contributed by atoms with E-state index in [1.165, 1.54) is 6.20 Å². The van der Waals surface area contributed by atoms with Gasteiger partial charge in [0.05, 0.1) is 16.2 Å². The van der Waals surface area contributed by atoms with Gasteiger partial charge in [0.1, 0.15) is 12.2 Å². The summed E-state index contributed by atoms with van der Waals surface area (Å²) in [6, 6.07) is 1.47. The highest BCUT2D eigenvalue weighted by Crippen LogP contribution is 2.28. The summed E-state index contributed by atoms with van der Waals surface area (Å²) in [4.78, 5) is 17.7. The van der Waals surface area contributed by atoms with Crippen LogP contribution < -0.4 is 4.74 Å². The van der Waals surface area contributed by atoms with E-state index >= 15 is 0 Å². The standard InChI is InChI=1S/C17H24FIN2O4/c1-17(2,3)25-16(22)21-8-11(9-23-4)7-12(21)10-24-14-13(19)5-6-20-15(14)18/h5-6,11-12H,7-10H2,1-4H3/t11-,12-/m0/s1. The Morgan fingerprint density at radius 2 is 2.16 bits per heavy atom. The lowest BCUT2D eigenvalue weighted by molar-refractivity contribution is 0.0177. The van der Waals surface area contributed by atoms with Crippen LogP contribution in [0.25, 0.3) is 0 Å². The number of carbonyl (C=O) groups is 1. The topological polar surface area (TPSA) is 60.9 Å². The van der Waals surface area contributed by atoms with Crippen molar-refractivity contribution in [2.45, 2.75) is 38.8 Å². The number of amides is 1. The Morgan fingerprint density at radius 3 is 2.76 bits per heavy atom. The Balaban J connectivity index is 2.08. The number of aromatic nitrogens is 1. The lowest BCUT2D eigenvalue weighted by atomic mass is 10.1. The second kappa shape index (κ2) is 8.48. The summed E-state index contributed by atoms with van der Waals surface area (Å²) in [5.41, 5.74) is -0.577. The van der Waals surface area contributed by atoms with Crippen LogP contribution in [-0.2, 0) is 9.47 Å². The summed E-state index contributed by atoms with van der Waals surface area (Å²) in [6.07, 6.45) is 1.72. The number of halogens is 2. The molecule has 0 unspecified atom stereocenters. The van der Waals surface area contributed by atoms with Gasteiger partial charge < -0.3 is 19.1 Å². The van der Waals surface area contributed by atoms with E-state index in [-0.39, 0.29) is 30.4 Å². The van der Waals surface area contributed by atoms with Gasteiger partial charge in [0.15, 0.2) is 5.75 Å². The van der Waals surface area contributed by atoms with Gasteiger partial charge in [-0.3, -0.25) is 0 Å². The highest BCUT2D eigenvalue weighted by atomic mass is 127. The largest absolute Gasteiger partial charge is 0.486 e. The van der Waals surface area contributed by atoms with Crippen molar-refractivity contribution >= 4 is 28.7 Å². The van der Waals surface area contributed by atoms with Crippen molar-refractivity contribution in [1.29, 1.82) is 0 Å². The fourth-order valence-electron chi connectivity index (χ4n) is 2.78. The number of pyridine rings is 1. The summed E-state index contributed by atoms with van der Waals surface area (Å²) in [5, 5.41) is 0. The van der Waals surface area contributed by atoms with E-state index in [4.69, 9.17) is 14.2 Å². The zero-order chi connectivity index (χ0) is 18.6. The molecule has 0 saturated carbocycles. The molecular weight excluding hydrogens is 442 g/mol. The molecule has 0 aromatic carbocycles. The molecule has 1 aromatic rings. The predicted octanol–water partition coefficient (Wildman–Crippen LogP) is 3.48. The van der Waals surface area contributed by atoms with Crippen molar-refractivity contribution in [3.8, 4) is 5.75 Å². The lowest BCUT2D eigenvalue weighted by Gasteiger charge is -2.28. The number of hydrogen-bond donors (Lipinski definition) is 0. The maximum Gasteiger partial charge on any atom is 0.410 e. The summed E-state index contributed by atoms with van der Waals surface area (Å²) in [5.74, 6) is -0.339. The van der Waals surface area contributed by atoms with Gasteiger partial charge in [0.2, 0.25) is 0 Å². The van der Waals surface area contributed by atoms with E-state index in [0.717, 1.165) is 0 Å². The quantitative estimate of drug-likeness (QED) is 0.492. The van der Waals surface area contributed by atoms with E-state index in [0.29, 0.717) is 23.1 Å². The molecule has 0 radical (unpaired) electrons. The van der Waals surface area contributed by atoms with Gasteiger partial charge in [-0.25, -0.2) is 9.78 Å². The van der Waals surface area contributed by atoms with Crippen molar-refractivity contribution in [3.05, 3.63) is 21.8 Å². The van der Waals surface area contributed by atoms with E-state index in [2.05, 4.69) is 4.98 Å². The van der Waals surface area contributed by atoms with Crippen LogP contribution in [0.1, 0.15) is 27.2 Å². The van der Waals surface area contributed by atoms with Gasteiger partial charge in [-0.2, -0.15) is 4.39 Å². The zero-order valence-electron chi connectivity index (χ0n) is 14.9. The second-order valence-corrected chi connectivity index (χ2v) is 8.23. The van der Waals surface area contributed by atoms with Crippen molar-refractivity contribution < 1.29 is 23.4 Å². The van der Waals surface area contributed by atoms with Crippen LogP contribution >= 0.6 is 22.6 Å². The molecular formula is C17H24FIN2O4. The molecule has 0 spiro atoms. The smallest absolute Gasteiger partial charge is 0.410 e. The molecule has 2 atom stereocenters. The van der Waals surface area contributed by atoms with E-state index in [1.54, 1.807) is 18.1 Å². The summed E-state index contributed by atoms with van der Waals surface area (Å²) >= 11 is 2.00. The zero-order valence-corrected chi connectivity index (χ0v) is 17.1. The van der Waals surface area contributed by atoms with Crippen LogP contribution in [0.3, 0.4) is 0 Å². The minimum absolute atomic E-state index is 0.113. The van der Waals surface area contributed by atoms with Crippen molar-refractivity contribution in [2.24, 2.45) is 5.92 Å². The van der Waals surface area contributed by atoms with Crippen LogP contribution in [0.15, 0.2) is 12.3 Å². The molecule has 1 aliphatic heterocycles. The van der Waals surface area contributed by atoms with Crippen LogP contribution in [0.2, 0.25) is 0 Å². The third-order valence-electron chi connectivity index (χ3n) is 3.76. The number of carbonyl (C=O) groups excluding carboxylic acids is 1. The average molecular weight is 466 g/mol. The van der Waals surface area contributed by atoms with Crippen LogP contribution in [0.4, 0.5) is 9.18 Å². The Bertz CT molecular complexity index is 589. The van der Waals surface area contributed by atoms with Gasteiger partial charge in [0.25, 0.3) is 5.95 Å². The number of rotatable bonds is 5. The molecule has 6 nitrogen and oxygen atoms in total. The van der Waals surface area contributed by atoms with Gasteiger partial charge in [0, 0.05) is 25.8 Å². The molecule has 1 aromatic heterocycles. The maximum atomic E-state index is 13.8. The normalized spacial score (nSPS) is 20.6. The van der Waals surface area contributed by atoms with Gasteiger partial charge >= 0.3 is 6.09 Å². The van der Waals surface area contributed by atoms with E-state index < -0.39 is 11.5 Å². The Kier molecular flexibility index (Phi) is 6.84. The SMILES string of the molecule is COC[C@H]1C[C@@H](COc2c(I)ccnc2F)N(C(=O)OC(C)(C)C)C1. The molecule has 0 aliphatic carbocycles. The molecule has 2 rings (SSSR count). The predicted molar refractivity (Wildman–Crippen MR) is 99.1 cm³/mol. The average Bonchev–Trinajstić information content (AvgIpc) is 2.88. The van der Waals surface area contributed by atoms with Crippen molar-refractivity contribution in [1.82, 2.24) is 9.88 Å². The fraction of sp³-hybridized carbons (Fsp3) is 0.647. The lowest BCUT2D eigenvalue weighted by Crippen LogP contribution is -2.42. The minimum atomic E-state index is -0.651. The van der Waals surface area contributed by atoms with Gasteiger partial charge in [-0.05, 0) is 55.8 Å². The summed E-state index contributed by atoms with van der Waals surface area (Å²) < 4.78 is 30.8. The molecule has 140 valence electrons. The fourth-order valence-corrected chi connectivity index (χ4v) is 3.32. The first-order valence-electron chi connectivity index (χ1n) is 8.12. The third-order valence-corrected chi connectivity index (χ3v) is 4.61. The number of nitrogens with zero attached hydrogens (tertiary/aromatic N) is 2. The molecule has 8 heteroatoms. The minimum Gasteiger partial charge on any atom is -0.486 e. The molecule has 1 fully saturated rings. The van der Waals surface area contributed by atoms with Crippen molar-refractivity contribution in [2.75, 3.05) is 26.9 Å². The highest BCUT2D eigenvalue weighted by Gasteiger charge is 2.38. The Labute approximate surface area is 161 Å². The van der Waals surface area contributed by atoms with Crippen molar-refractivity contribution in [3.63, 3.8) is 0 Å². The van der Waals surface area contributed by atoms with Gasteiger partial charge in [-0.15, -0.1) is 0 Å². The monoisotopic (exact) mass is 466 g/mol. The molecule has 0 N–H and O–H groups in total. The van der Waals surface area contributed by atoms with Crippen LogP contribution in [0.5, 0.6) is 5.75 Å². The van der Waals surface area contributed by atoms with E-state index in [9.17, 15) is 9.18 Å². The van der Waals surface area contributed by atoms with Crippen LogP contribution in [-0.4, -0.2) is 54.5 Å². The number of methoxy groups -OCH3 is 1. The van der Waals surface area contributed by atoms with Gasteiger partial charge in [-0.1, -0.05) is 0 Å². The third kappa shape index (κ3) is 5.67. The molecule has 25 heavy (non-hydrogen) atoms. The Hall–Kier alpha value is -1.16. The number of likely N-dealkylation sites (tertiary alicyclic amines) is 1. The van der Waals surface area contributed by atoms with Crippen LogP contribution in [0, 0.1) is 15.4 Å². The first-order chi connectivity index (χ1) is 11.7. The molecule has 0 bridgehead atoms. The second-order valence-electron chi connectivity index (χ2n) is 7.07. The first kappa shape index (κ1) is 20.2. The summed E-state index contributed by atoms with van der Waals surface area (Å²) in [7, 11) is 1.63. The highest BCUT2D eigenvalue weighted by molar-refractivity contribution is 14.1. The molecule has 2 heterocycles. The number of hydrogen-bond acceptors (Lipinski definition) is 5. The molecule has 1 saturated heterocycles. The summed E-state index contributed by atoms with van der Waals surface area (Å²) in [6.45, 7) is 6.74. The molecule has 1 aliphatic rings. The maximum absolute atomic E-state index is 13.8. The Morgan fingerprint density at radius 1 is 1.44 bits per heavy atom. The van der Waals surface area contributed by atoms with E-state index in [1.807, 2.05) is 43.4 Å². The molecule has 1 amide bonds. The first-order valence-corrected chi connectivity index (χ1v) is 9.20.